The summed E-state index contributed by atoms with van der Waals surface area (Å²) in [5.41, 5.74) is 0.881. The van der Waals surface area contributed by atoms with Crippen LogP contribution in [0.25, 0.3) is 10.9 Å². The maximum atomic E-state index is 9.16. The van der Waals surface area contributed by atoms with E-state index in [-0.39, 0.29) is 5.88 Å². The third-order valence-electron chi connectivity index (χ3n) is 1.83. The van der Waals surface area contributed by atoms with Crippen LogP contribution in [-0.4, -0.2) is 17.2 Å². The molecule has 0 bridgehead atoms. The van der Waals surface area contributed by atoms with Crippen LogP contribution < -0.4 is 4.74 Å². The van der Waals surface area contributed by atoms with Crippen molar-refractivity contribution < 1.29 is 9.84 Å². The highest BCUT2D eigenvalue weighted by molar-refractivity contribution is 5.87. The van der Waals surface area contributed by atoms with E-state index in [1.807, 2.05) is 18.2 Å². The third kappa shape index (κ3) is 0.906. The number of methoxy groups -OCH3 is 1. The van der Waals surface area contributed by atoms with Crippen LogP contribution in [0.5, 0.6) is 11.6 Å². The molecule has 2 N–H and O–H groups in total. The molecule has 3 heteroatoms. The Hall–Kier alpha value is -1.64. The van der Waals surface area contributed by atoms with Crippen LogP contribution in [0.15, 0.2) is 24.3 Å². The van der Waals surface area contributed by atoms with Crippen LogP contribution in [0.3, 0.4) is 0 Å². The van der Waals surface area contributed by atoms with Crippen molar-refractivity contribution in [2.45, 2.75) is 0 Å². The molecule has 0 aliphatic rings. The van der Waals surface area contributed by atoms with E-state index in [0.717, 1.165) is 16.7 Å². The molecule has 0 spiro atoms. The van der Waals surface area contributed by atoms with Gasteiger partial charge < -0.3 is 14.8 Å². The number of hydrogen-bond donors (Lipinski definition) is 2. The highest BCUT2D eigenvalue weighted by Crippen LogP contribution is 2.27. The monoisotopic (exact) mass is 163 g/mol. The van der Waals surface area contributed by atoms with Crippen molar-refractivity contribution in [3.8, 4) is 11.6 Å². The number of ether oxygens (including phenoxy) is 1. The minimum absolute atomic E-state index is 0.162. The molecule has 1 heterocycles. The average molecular weight is 163 g/mol. The van der Waals surface area contributed by atoms with Gasteiger partial charge in [0.15, 0.2) is 5.88 Å². The van der Waals surface area contributed by atoms with Crippen molar-refractivity contribution in [1.29, 1.82) is 0 Å². The molecule has 0 radical (unpaired) electrons. The minimum Gasteiger partial charge on any atom is -0.496 e. The standard InChI is InChI=1S/C9H9NO2/c1-12-8-4-2-3-7-6(8)5-9(11)10-7/h2-5,10-11H,1H3. The lowest BCUT2D eigenvalue weighted by molar-refractivity contribution is 0.419. The molecule has 0 fully saturated rings. The average Bonchev–Trinajstić information content (AvgIpc) is 2.44. The molecule has 0 amide bonds. The van der Waals surface area contributed by atoms with Gasteiger partial charge in [-0.25, -0.2) is 0 Å². The fraction of sp³-hybridized carbons (Fsp3) is 0.111. The highest BCUT2D eigenvalue weighted by Gasteiger charge is 2.03. The summed E-state index contributed by atoms with van der Waals surface area (Å²) in [5, 5.41) is 10.1. The van der Waals surface area contributed by atoms with Gasteiger partial charge in [0, 0.05) is 11.5 Å². The van der Waals surface area contributed by atoms with Gasteiger partial charge in [-0.05, 0) is 12.1 Å². The van der Waals surface area contributed by atoms with E-state index in [1.165, 1.54) is 0 Å². The third-order valence-corrected chi connectivity index (χ3v) is 1.83. The summed E-state index contributed by atoms with van der Waals surface area (Å²) in [6.07, 6.45) is 0. The summed E-state index contributed by atoms with van der Waals surface area (Å²) in [6.45, 7) is 0. The van der Waals surface area contributed by atoms with E-state index in [0.29, 0.717) is 0 Å². The van der Waals surface area contributed by atoms with Crippen LogP contribution in [0.4, 0.5) is 0 Å². The molecule has 0 saturated carbocycles. The zero-order valence-electron chi connectivity index (χ0n) is 6.66. The van der Waals surface area contributed by atoms with Crippen molar-refractivity contribution >= 4 is 10.9 Å². The van der Waals surface area contributed by atoms with E-state index in [9.17, 15) is 0 Å². The van der Waals surface area contributed by atoms with Crippen molar-refractivity contribution in [3.63, 3.8) is 0 Å². The lowest BCUT2D eigenvalue weighted by Crippen LogP contribution is -1.81. The van der Waals surface area contributed by atoms with Crippen molar-refractivity contribution in [2.24, 2.45) is 0 Å². The number of rotatable bonds is 1. The largest absolute Gasteiger partial charge is 0.496 e. The Morgan fingerprint density at radius 1 is 1.42 bits per heavy atom. The van der Waals surface area contributed by atoms with Crippen molar-refractivity contribution in [2.75, 3.05) is 7.11 Å². The second kappa shape index (κ2) is 2.44. The smallest absolute Gasteiger partial charge is 0.189 e. The van der Waals surface area contributed by atoms with E-state index in [2.05, 4.69) is 4.98 Å². The van der Waals surface area contributed by atoms with Gasteiger partial charge in [0.05, 0.1) is 12.6 Å². The van der Waals surface area contributed by atoms with Crippen molar-refractivity contribution in [3.05, 3.63) is 24.3 Å². The van der Waals surface area contributed by atoms with E-state index < -0.39 is 0 Å². The molecule has 3 nitrogen and oxygen atoms in total. The molecule has 0 aliphatic carbocycles. The fourth-order valence-electron chi connectivity index (χ4n) is 1.29. The van der Waals surface area contributed by atoms with Gasteiger partial charge in [0.2, 0.25) is 0 Å². The number of fused-ring (bicyclic) bond motifs is 1. The zero-order valence-corrected chi connectivity index (χ0v) is 6.66. The number of nitrogens with one attached hydrogen (secondary N) is 1. The molecule has 0 aliphatic heterocycles. The second-order valence-corrected chi connectivity index (χ2v) is 2.58. The number of aromatic hydroxyl groups is 1. The molecule has 1 aromatic carbocycles. The second-order valence-electron chi connectivity index (χ2n) is 2.58. The van der Waals surface area contributed by atoms with E-state index >= 15 is 0 Å². The number of aromatic amines is 1. The van der Waals surface area contributed by atoms with Gasteiger partial charge in [0.1, 0.15) is 5.75 Å². The molecule has 12 heavy (non-hydrogen) atoms. The number of benzene rings is 1. The lowest BCUT2D eigenvalue weighted by Gasteiger charge is -1.98. The Balaban J connectivity index is 2.78. The predicted molar refractivity (Wildman–Crippen MR) is 46.5 cm³/mol. The lowest BCUT2D eigenvalue weighted by atomic mass is 10.2. The van der Waals surface area contributed by atoms with Crippen LogP contribution >= 0.6 is 0 Å². The van der Waals surface area contributed by atoms with Crippen LogP contribution in [0.1, 0.15) is 0 Å². The number of aromatic nitrogens is 1. The molecule has 2 rings (SSSR count). The first-order valence-electron chi connectivity index (χ1n) is 3.66. The number of hydrogen-bond acceptors (Lipinski definition) is 2. The topological polar surface area (TPSA) is 45.2 Å². The summed E-state index contributed by atoms with van der Waals surface area (Å²) >= 11 is 0. The van der Waals surface area contributed by atoms with Gasteiger partial charge in [0.25, 0.3) is 0 Å². The Bertz CT molecular complexity index is 406. The Morgan fingerprint density at radius 3 is 3.00 bits per heavy atom. The van der Waals surface area contributed by atoms with E-state index in [1.54, 1.807) is 13.2 Å². The quantitative estimate of drug-likeness (QED) is 0.674. The summed E-state index contributed by atoms with van der Waals surface area (Å²) in [4.78, 5) is 2.81. The first kappa shape index (κ1) is 7.03. The highest BCUT2D eigenvalue weighted by atomic mass is 16.5. The van der Waals surface area contributed by atoms with Crippen LogP contribution in [0.2, 0.25) is 0 Å². The van der Waals surface area contributed by atoms with Crippen LogP contribution in [-0.2, 0) is 0 Å². The molecule has 2 aromatic rings. The molecule has 0 unspecified atom stereocenters. The zero-order chi connectivity index (χ0) is 8.55. The maximum Gasteiger partial charge on any atom is 0.189 e. The number of H-pyrrole nitrogens is 1. The van der Waals surface area contributed by atoms with Gasteiger partial charge >= 0.3 is 0 Å². The molecule has 1 aromatic heterocycles. The fourth-order valence-corrected chi connectivity index (χ4v) is 1.29. The molecule has 0 atom stereocenters. The van der Waals surface area contributed by atoms with Crippen molar-refractivity contribution in [1.82, 2.24) is 4.98 Å². The predicted octanol–water partition coefficient (Wildman–Crippen LogP) is 1.88. The Kier molecular flexibility index (Phi) is 1.43. The van der Waals surface area contributed by atoms with Gasteiger partial charge in [-0.2, -0.15) is 0 Å². The molecular formula is C9H9NO2. The van der Waals surface area contributed by atoms with E-state index in [4.69, 9.17) is 9.84 Å². The molecule has 62 valence electrons. The Labute approximate surface area is 69.6 Å². The summed E-state index contributed by atoms with van der Waals surface area (Å²) in [5.74, 6) is 0.929. The Morgan fingerprint density at radius 2 is 2.25 bits per heavy atom. The summed E-state index contributed by atoms with van der Waals surface area (Å²) < 4.78 is 5.11. The van der Waals surface area contributed by atoms with Crippen LogP contribution in [0, 0.1) is 0 Å². The SMILES string of the molecule is COc1cccc2[nH]c(O)cc12. The minimum atomic E-state index is 0.162. The van der Waals surface area contributed by atoms with Gasteiger partial charge in [-0.15, -0.1) is 0 Å². The summed E-state index contributed by atoms with van der Waals surface area (Å²) in [7, 11) is 1.61. The molecule has 0 saturated heterocycles. The first-order valence-corrected chi connectivity index (χ1v) is 3.66. The maximum absolute atomic E-state index is 9.16. The normalized spacial score (nSPS) is 10.4. The van der Waals surface area contributed by atoms with Gasteiger partial charge in [-0.3, -0.25) is 0 Å². The summed E-state index contributed by atoms with van der Waals surface area (Å²) in [6, 6.07) is 7.26. The van der Waals surface area contributed by atoms with Gasteiger partial charge in [-0.1, -0.05) is 6.07 Å². The molecular weight excluding hydrogens is 154 g/mol. The first-order chi connectivity index (χ1) is 5.81.